The number of nitrogens with zero attached hydrogens (tertiary/aromatic N) is 1. The fraction of sp³-hybridized carbons (Fsp3) is 0.625. The van der Waals surface area contributed by atoms with E-state index in [1.807, 2.05) is 0 Å². The molecule has 1 aromatic rings. The van der Waals surface area contributed by atoms with Crippen molar-refractivity contribution in [1.29, 1.82) is 0 Å². The van der Waals surface area contributed by atoms with Crippen LogP contribution in [0.3, 0.4) is 0 Å². The number of rotatable bonds is 9. The molecule has 0 aromatic heterocycles. The zero-order chi connectivity index (χ0) is 23.1. The summed E-state index contributed by atoms with van der Waals surface area (Å²) in [7, 11) is 2.42. The van der Waals surface area contributed by atoms with E-state index >= 15 is 0 Å². The molecule has 0 unspecified atom stereocenters. The predicted molar refractivity (Wildman–Crippen MR) is 80.3 cm³/mol. The molecule has 0 N–H and O–H groups in total. The molecule has 0 aliphatic heterocycles. The molecule has 0 bridgehead atoms. The van der Waals surface area contributed by atoms with Crippen LogP contribution in [0, 0.1) is 0 Å². The Morgan fingerprint density at radius 1 is 0.724 bits per heavy atom. The van der Waals surface area contributed by atoms with Crippen LogP contribution in [-0.2, 0) is 0 Å². The van der Waals surface area contributed by atoms with Gasteiger partial charge in [0.05, 0.1) is 27.1 Å². The van der Waals surface area contributed by atoms with Crippen molar-refractivity contribution < 1.29 is 52.7 Å². The van der Waals surface area contributed by atoms with Gasteiger partial charge in [0.15, 0.2) is 0 Å². The van der Waals surface area contributed by atoms with Crippen LogP contribution in [-0.4, -0.2) is 56.7 Å². The lowest BCUT2D eigenvalue weighted by molar-refractivity contribution is -0.413. The molecule has 0 radical (unpaired) electrons. The second kappa shape index (κ2) is 7.55. The zero-order valence-corrected chi connectivity index (χ0v) is 14.9. The van der Waals surface area contributed by atoms with E-state index in [1.165, 1.54) is 44.4 Å². The first kappa shape index (κ1) is 25.4. The summed E-state index contributed by atoms with van der Waals surface area (Å²) < 4.78 is 157. The molecular formula is C16H16F12N+. The molecule has 0 heterocycles. The maximum Gasteiger partial charge on any atom is 0.384 e. The van der Waals surface area contributed by atoms with E-state index in [4.69, 9.17) is 0 Å². The zero-order valence-electron chi connectivity index (χ0n) is 14.9. The monoisotopic (exact) mass is 450 g/mol. The molecule has 29 heavy (non-hydrogen) atoms. The van der Waals surface area contributed by atoms with Gasteiger partial charge in [-0.15, -0.1) is 0 Å². The quantitative estimate of drug-likeness (QED) is 0.316. The summed E-state index contributed by atoms with van der Waals surface area (Å²) >= 11 is 0. The van der Waals surface area contributed by atoms with Crippen LogP contribution in [0.25, 0.3) is 0 Å². The van der Waals surface area contributed by atoms with Gasteiger partial charge >= 0.3 is 36.0 Å². The van der Waals surface area contributed by atoms with Crippen molar-refractivity contribution in [2.45, 2.75) is 42.5 Å². The molecule has 168 valence electrons. The molecule has 0 spiro atoms. The molecule has 1 nitrogen and oxygen atoms in total. The molecule has 0 saturated carbocycles. The van der Waals surface area contributed by atoms with Gasteiger partial charge in [-0.3, -0.25) is 4.48 Å². The topological polar surface area (TPSA) is 0 Å². The number of hydrogen-bond acceptors (Lipinski definition) is 0. The maximum atomic E-state index is 13.9. The second-order valence-electron chi connectivity index (χ2n) is 6.85. The van der Waals surface area contributed by atoms with Crippen LogP contribution in [0.5, 0.6) is 0 Å². The van der Waals surface area contributed by atoms with Crippen molar-refractivity contribution in [3.63, 3.8) is 0 Å². The molecule has 0 saturated heterocycles. The van der Waals surface area contributed by atoms with Gasteiger partial charge in [-0.2, -0.15) is 43.9 Å². The molecule has 0 fully saturated rings. The van der Waals surface area contributed by atoms with E-state index in [9.17, 15) is 52.7 Å². The summed E-state index contributed by atoms with van der Waals surface area (Å²) in [4.78, 5) is 0. The van der Waals surface area contributed by atoms with Crippen molar-refractivity contribution >= 4 is 5.69 Å². The Labute approximate surface area is 157 Å². The lowest BCUT2D eigenvalue weighted by Crippen LogP contribution is -2.69. The SMILES string of the molecule is C[N+](C)(CCC(F)(F)C(F)(F)C(F)(F)C(F)(F)C(F)(F)C(F)F)c1ccccc1. The molecule has 1 rings (SSSR count). The number of para-hydroxylation sites is 1. The van der Waals surface area contributed by atoms with Gasteiger partial charge < -0.3 is 0 Å². The van der Waals surface area contributed by atoms with E-state index < -0.39 is 53.5 Å². The molecule has 0 aliphatic carbocycles. The number of hydrogen-bond donors (Lipinski definition) is 0. The third kappa shape index (κ3) is 4.15. The van der Waals surface area contributed by atoms with Gasteiger partial charge in [0.25, 0.3) is 0 Å². The first-order valence-electron chi connectivity index (χ1n) is 7.81. The first-order chi connectivity index (χ1) is 12.8. The van der Waals surface area contributed by atoms with E-state index in [2.05, 4.69) is 0 Å². The lowest BCUT2D eigenvalue weighted by atomic mass is 9.92. The summed E-state index contributed by atoms with van der Waals surface area (Å²) in [6, 6.07) is 7.18. The molecule has 13 heteroatoms. The maximum absolute atomic E-state index is 13.9. The highest BCUT2D eigenvalue weighted by Gasteiger charge is 2.87. The summed E-state index contributed by atoms with van der Waals surface area (Å²) in [5.41, 5.74) is 0.257. The molecule has 0 amide bonds. The van der Waals surface area contributed by atoms with E-state index in [0.717, 1.165) is 0 Å². The number of quaternary nitrogens is 1. The molecule has 1 aromatic carbocycles. The van der Waals surface area contributed by atoms with Gasteiger partial charge in [0.2, 0.25) is 0 Å². The average molecular weight is 450 g/mol. The Bertz CT molecular complexity index is 684. The molecule has 0 aliphatic rings. The Morgan fingerprint density at radius 2 is 1.17 bits per heavy atom. The molecule has 0 atom stereocenters. The Hall–Kier alpha value is -1.66. The van der Waals surface area contributed by atoms with Crippen LogP contribution < -0.4 is 4.48 Å². The summed E-state index contributed by atoms with van der Waals surface area (Å²) in [5.74, 6) is -34.9. The van der Waals surface area contributed by atoms with E-state index in [-0.39, 0.29) is 5.69 Å². The van der Waals surface area contributed by atoms with Gasteiger partial charge in [0.1, 0.15) is 5.69 Å². The Morgan fingerprint density at radius 3 is 1.59 bits per heavy atom. The van der Waals surface area contributed by atoms with Gasteiger partial charge in [0, 0.05) is 0 Å². The van der Waals surface area contributed by atoms with Crippen molar-refractivity contribution in [3.8, 4) is 0 Å². The third-order valence-electron chi connectivity index (χ3n) is 4.38. The number of alkyl halides is 12. The van der Waals surface area contributed by atoms with Crippen molar-refractivity contribution in [2.24, 2.45) is 0 Å². The van der Waals surface area contributed by atoms with Crippen molar-refractivity contribution in [3.05, 3.63) is 30.3 Å². The van der Waals surface area contributed by atoms with E-state index in [1.54, 1.807) is 0 Å². The van der Waals surface area contributed by atoms with Crippen LogP contribution in [0.2, 0.25) is 0 Å². The number of benzene rings is 1. The van der Waals surface area contributed by atoms with E-state index in [0.29, 0.717) is 0 Å². The summed E-state index contributed by atoms with van der Waals surface area (Å²) in [6.45, 7) is -1.00. The highest BCUT2D eigenvalue weighted by atomic mass is 19.4. The normalized spacial score (nSPS) is 15.1. The third-order valence-corrected chi connectivity index (χ3v) is 4.38. The van der Waals surface area contributed by atoms with Crippen molar-refractivity contribution in [2.75, 3.05) is 20.6 Å². The lowest BCUT2D eigenvalue weighted by Gasteiger charge is -2.40. The minimum Gasteiger partial charge on any atom is -0.296 e. The smallest absolute Gasteiger partial charge is 0.296 e. The van der Waals surface area contributed by atoms with Gasteiger partial charge in [-0.25, -0.2) is 8.78 Å². The largest absolute Gasteiger partial charge is 0.384 e. The van der Waals surface area contributed by atoms with Crippen LogP contribution in [0.4, 0.5) is 58.4 Å². The minimum atomic E-state index is -7.48. The minimum absolute atomic E-state index is 0.257. The first-order valence-corrected chi connectivity index (χ1v) is 7.81. The van der Waals surface area contributed by atoms with Gasteiger partial charge in [-0.1, -0.05) is 18.2 Å². The Kier molecular flexibility index (Phi) is 6.60. The molecular weight excluding hydrogens is 434 g/mol. The fourth-order valence-corrected chi connectivity index (χ4v) is 2.31. The van der Waals surface area contributed by atoms with Crippen LogP contribution in [0.1, 0.15) is 6.42 Å². The number of halogens is 12. The van der Waals surface area contributed by atoms with Crippen molar-refractivity contribution in [1.82, 2.24) is 4.48 Å². The van der Waals surface area contributed by atoms with Gasteiger partial charge in [-0.05, 0) is 12.1 Å². The highest BCUT2D eigenvalue weighted by Crippen LogP contribution is 2.58. The Balaban J connectivity index is 3.21. The van der Waals surface area contributed by atoms with Crippen LogP contribution in [0.15, 0.2) is 30.3 Å². The second-order valence-corrected chi connectivity index (χ2v) is 6.85. The standard InChI is InChI=1S/C16H16F12N/c1-29(2,10-6-4-3-5-7-10)9-8-12(19,20)14(23,24)16(27,28)15(25,26)13(21,22)11(17)18/h3-7,11H,8-9H2,1-2H3/q+1. The highest BCUT2D eigenvalue weighted by molar-refractivity contribution is 5.41. The summed E-state index contributed by atoms with van der Waals surface area (Å²) in [6.07, 6.45) is -7.63. The summed E-state index contributed by atoms with van der Waals surface area (Å²) in [5, 5.41) is 0. The van der Waals surface area contributed by atoms with Crippen LogP contribution >= 0.6 is 0 Å². The fourth-order valence-electron chi connectivity index (χ4n) is 2.31. The average Bonchev–Trinajstić information content (AvgIpc) is 2.60. The predicted octanol–water partition coefficient (Wildman–Crippen LogP) is 6.09.